The van der Waals surface area contributed by atoms with Crippen LogP contribution in [0, 0.1) is 4.91 Å². The van der Waals surface area contributed by atoms with Crippen molar-refractivity contribution in [3.63, 3.8) is 0 Å². The van der Waals surface area contributed by atoms with E-state index in [4.69, 9.17) is 11.6 Å². The molecule has 0 aliphatic carbocycles. The maximum absolute atomic E-state index is 10.9. The number of hydrogen-bond acceptors (Lipinski definition) is 4. The number of amides is 4. The fourth-order valence-corrected chi connectivity index (χ4v) is 0.615. The molecule has 0 rings (SSSR count). The molecule has 0 bridgehead atoms. The van der Waals surface area contributed by atoms with Crippen LogP contribution in [-0.4, -0.2) is 36.2 Å². The Bertz CT molecular complexity index is 232. The lowest BCUT2D eigenvalue weighted by Crippen LogP contribution is -2.39. The number of nitrogens with one attached hydrogen (secondary N) is 1. The number of urea groups is 2. The monoisotopic (exact) mass is 206 g/mol. The van der Waals surface area contributed by atoms with Crippen molar-refractivity contribution in [2.45, 2.75) is 0 Å². The van der Waals surface area contributed by atoms with Crippen LogP contribution >= 0.6 is 11.6 Å². The van der Waals surface area contributed by atoms with Gasteiger partial charge in [0, 0.05) is 5.88 Å². The van der Waals surface area contributed by atoms with Gasteiger partial charge in [0.2, 0.25) is 0 Å². The Morgan fingerprint density at radius 3 is 2.54 bits per heavy atom. The highest BCUT2D eigenvalue weighted by Crippen LogP contribution is 1.91. The van der Waals surface area contributed by atoms with Gasteiger partial charge in [-0.2, -0.15) is 5.01 Å². The van der Waals surface area contributed by atoms with Crippen LogP contribution in [0.15, 0.2) is 10.3 Å². The molecule has 0 aliphatic rings. The third-order valence-corrected chi connectivity index (χ3v) is 1.16. The normalized spacial score (nSPS) is 8.69. The topological polar surface area (TPSA) is 91.2 Å². The lowest BCUT2D eigenvalue weighted by molar-refractivity contribution is 0.200. The number of hydrogen-bond donors (Lipinski definition) is 1. The van der Waals surface area contributed by atoms with E-state index in [0.29, 0.717) is 5.01 Å². The Kier molecular flexibility index (Phi) is 5.37. The second-order valence-electron chi connectivity index (χ2n) is 1.79. The number of carbonyl (C=O) groups is 2. The molecule has 0 fully saturated rings. The van der Waals surface area contributed by atoms with Crippen LogP contribution in [0.25, 0.3) is 0 Å². The predicted molar refractivity (Wildman–Crippen MR) is 46.7 cm³/mol. The van der Waals surface area contributed by atoms with Gasteiger partial charge >= 0.3 is 12.1 Å². The van der Waals surface area contributed by atoms with Crippen LogP contribution in [-0.2, 0) is 0 Å². The first-order valence-corrected chi connectivity index (χ1v) is 3.67. The van der Waals surface area contributed by atoms with E-state index in [0.717, 1.165) is 0 Å². The number of aliphatic imine (C=N–C) groups is 1. The third kappa shape index (κ3) is 4.16. The van der Waals surface area contributed by atoms with Crippen molar-refractivity contribution in [1.29, 1.82) is 0 Å². The van der Waals surface area contributed by atoms with Gasteiger partial charge < -0.3 is 0 Å². The molecule has 0 heterocycles. The van der Waals surface area contributed by atoms with Gasteiger partial charge in [0.15, 0.2) is 0 Å². The predicted octanol–water partition coefficient (Wildman–Crippen LogP) is 0.739. The summed E-state index contributed by atoms with van der Waals surface area (Å²) in [6.07, 6.45) is 0. The Morgan fingerprint density at radius 1 is 1.54 bits per heavy atom. The number of carbonyl (C=O) groups excluding carboxylic acids is 2. The Balaban J connectivity index is 4.12. The van der Waals surface area contributed by atoms with Crippen molar-refractivity contribution >= 4 is 30.4 Å². The Labute approximate surface area is 78.7 Å². The Morgan fingerprint density at radius 2 is 2.15 bits per heavy atom. The van der Waals surface area contributed by atoms with Crippen LogP contribution < -0.4 is 5.32 Å². The van der Waals surface area contributed by atoms with E-state index < -0.39 is 12.1 Å². The second kappa shape index (κ2) is 6.06. The van der Waals surface area contributed by atoms with Gasteiger partial charge in [-0.1, -0.05) is 0 Å². The van der Waals surface area contributed by atoms with Gasteiger partial charge in [-0.05, 0) is 6.72 Å². The summed E-state index contributed by atoms with van der Waals surface area (Å²) in [5.74, 6) is 0.0366. The van der Waals surface area contributed by atoms with Gasteiger partial charge in [-0.15, -0.1) is 16.5 Å². The van der Waals surface area contributed by atoms with Crippen molar-refractivity contribution in [2.75, 3.05) is 12.4 Å². The molecular weight excluding hydrogens is 200 g/mol. The average molecular weight is 207 g/mol. The first-order valence-electron chi connectivity index (χ1n) is 3.14. The van der Waals surface area contributed by atoms with Crippen molar-refractivity contribution in [2.24, 2.45) is 10.3 Å². The summed E-state index contributed by atoms with van der Waals surface area (Å²) < 4.78 is 0. The largest absolute Gasteiger partial charge is 0.348 e. The minimum atomic E-state index is -0.979. The summed E-state index contributed by atoms with van der Waals surface area (Å²) in [7, 11) is 0. The van der Waals surface area contributed by atoms with Gasteiger partial charge in [-0.3, -0.25) is 5.32 Å². The fourth-order valence-electron chi connectivity index (χ4n) is 0.455. The molecule has 7 nitrogen and oxygen atoms in total. The zero-order valence-electron chi connectivity index (χ0n) is 6.57. The minimum Gasteiger partial charge on any atom is -0.256 e. The summed E-state index contributed by atoms with van der Waals surface area (Å²) in [6.45, 7) is 2.80. The molecule has 72 valence electrons. The number of alkyl halides is 1. The van der Waals surface area contributed by atoms with E-state index >= 15 is 0 Å². The number of nitroso groups, excluding NO2 is 1. The molecule has 0 spiro atoms. The number of nitrogens with zero attached hydrogens (tertiary/aromatic N) is 3. The fraction of sp³-hybridized carbons (Fsp3) is 0.400. The van der Waals surface area contributed by atoms with E-state index in [2.05, 4.69) is 17.0 Å². The van der Waals surface area contributed by atoms with Gasteiger partial charge in [0.05, 0.1) is 11.8 Å². The molecule has 0 aromatic carbocycles. The lowest BCUT2D eigenvalue weighted by atomic mass is 10.7. The summed E-state index contributed by atoms with van der Waals surface area (Å²) >= 11 is 5.25. The standard InChI is InChI=1S/C5H7ClN4O3/c1-7-4(11)8-5(12)10(9-13)3-2-6/h1-3H2,(H,8,11,12). The van der Waals surface area contributed by atoms with E-state index in [-0.39, 0.29) is 12.4 Å². The highest BCUT2D eigenvalue weighted by Gasteiger charge is 2.14. The zero-order valence-corrected chi connectivity index (χ0v) is 7.32. The second-order valence-corrected chi connectivity index (χ2v) is 2.17. The smallest absolute Gasteiger partial charge is 0.256 e. The van der Waals surface area contributed by atoms with Crippen molar-refractivity contribution < 1.29 is 9.59 Å². The summed E-state index contributed by atoms with van der Waals surface area (Å²) in [6, 6.07) is -1.93. The molecule has 13 heavy (non-hydrogen) atoms. The highest BCUT2D eigenvalue weighted by atomic mass is 35.5. The van der Waals surface area contributed by atoms with E-state index in [9.17, 15) is 14.5 Å². The molecule has 0 saturated carbocycles. The molecule has 4 amide bonds. The molecule has 1 N–H and O–H groups in total. The molecule has 0 atom stereocenters. The summed E-state index contributed by atoms with van der Waals surface area (Å²) in [5.41, 5.74) is 0. The van der Waals surface area contributed by atoms with Gasteiger partial charge in [-0.25, -0.2) is 14.6 Å². The van der Waals surface area contributed by atoms with Crippen LogP contribution in [0.3, 0.4) is 0 Å². The third-order valence-electron chi connectivity index (χ3n) is 0.987. The van der Waals surface area contributed by atoms with E-state index in [1.165, 1.54) is 0 Å². The SMILES string of the molecule is C=NC(=O)NC(=O)N(CCCl)N=O. The molecular formula is C5H7ClN4O3. The van der Waals surface area contributed by atoms with Crippen molar-refractivity contribution in [3.8, 4) is 0 Å². The maximum Gasteiger partial charge on any atom is 0.348 e. The van der Waals surface area contributed by atoms with Crippen molar-refractivity contribution in [1.82, 2.24) is 10.3 Å². The molecule has 0 radical (unpaired) electrons. The number of rotatable bonds is 3. The molecule has 0 aliphatic heterocycles. The van der Waals surface area contributed by atoms with E-state index in [1.807, 2.05) is 0 Å². The van der Waals surface area contributed by atoms with E-state index in [1.54, 1.807) is 5.32 Å². The number of imide groups is 1. The summed E-state index contributed by atoms with van der Waals surface area (Å²) in [4.78, 5) is 34.3. The highest BCUT2D eigenvalue weighted by molar-refractivity contribution is 6.18. The quantitative estimate of drug-likeness (QED) is 0.320. The van der Waals surface area contributed by atoms with Crippen LogP contribution in [0.1, 0.15) is 0 Å². The molecule has 0 unspecified atom stereocenters. The van der Waals surface area contributed by atoms with Crippen LogP contribution in [0.4, 0.5) is 9.59 Å². The number of halogens is 1. The Hall–Kier alpha value is -1.50. The van der Waals surface area contributed by atoms with Gasteiger partial charge in [0.25, 0.3) is 0 Å². The first-order chi connectivity index (χ1) is 6.15. The average Bonchev–Trinajstić information content (AvgIpc) is 2.13. The lowest BCUT2D eigenvalue weighted by Gasteiger charge is -2.09. The zero-order chi connectivity index (χ0) is 10.3. The van der Waals surface area contributed by atoms with Crippen LogP contribution in [0.5, 0.6) is 0 Å². The van der Waals surface area contributed by atoms with Crippen molar-refractivity contribution in [3.05, 3.63) is 4.91 Å². The molecule has 8 heteroatoms. The molecule has 0 aromatic heterocycles. The van der Waals surface area contributed by atoms with Gasteiger partial charge in [0.1, 0.15) is 0 Å². The first kappa shape index (κ1) is 11.5. The molecule has 0 aromatic rings. The maximum atomic E-state index is 10.9. The summed E-state index contributed by atoms with van der Waals surface area (Å²) in [5, 5.41) is 4.54. The van der Waals surface area contributed by atoms with Crippen LogP contribution in [0.2, 0.25) is 0 Å². The minimum absolute atomic E-state index is 0.0366. The molecule has 0 saturated heterocycles.